The van der Waals surface area contributed by atoms with Gasteiger partial charge in [0.1, 0.15) is 0 Å². The Morgan fingerprint density at radius 3 is 2.28 bits per heavy atom. The summed E-state index contributed by atoms with van der Waals surface area (Å²) in [5.41, 5.74) is 0.742. The van der Waals surface area contributed by atoms with Gasteiger partial charge < -0.3 is 14.4 Å². The summed E-state index contributed by atoms with van der Waals surface area (Å²) in [6.45, 7) is 0.866. The number of ether oxygens (including phenoxy) is 2. The Bertz CT molecular complexity index is 701. The molecule has 0 aliphatic carbocycles. The molecule has 6 heteroatoms. The standard InChI is InChI=1S/C19H22F3NO2/c1-23(13-15-6-4-5-7-16(15)19(20,21)22)11-10-14-8-9-17(24-2)18(12-14)25-3/h4-9,12H,10-11,13H2,1-3H3. The minimum absolute atomic E-state index is 0.239. The number of hydrogen-bond acceptors (Lipinski definition) is 3. The third-order valence-corrected chi connectivity index (χ3v) is 3.99. The lowest BCUT2D eigenvalue weighted by Gasteiger charge is -2.20. The number of likely N-dealkylation sites (N-methyl/N-ethyl adjacent to an activating group) is 1. The zero-order valence-electron chi connectivity index (χ0n) is 14.6. The van der Waals surface area contributed by atoms with Crippen molar-refractivity contribution in [3.8, 4) is 11.5 Å². The van der Waals surface area contributed by atoms with Crippen LogP contribution in [0.1, 0.15) is 16.7 Å². The topological polar surface area (TPSA) is 21.7 Å². The third-order valence-electron chi connectivity index (χ3n) is 3.99. The quantitative estimate of drug-likeness (QED) is 0.737. The molecule has 0 aliphatic heterocycles. The van der Waals surface area contributed by atoms with E-state index in [1.807, 2.05) is 30.1 Å². The van der Waals surface area contributed by atoms with Crippen molar-refractivity contribution >= 4 is 0 Å². The molecule has 0 amide bonds. The van der Waals surface area contributed by atoms with E-state index in [1.54, 1.807) is 20.3 Å². The Hall–Kier alpha value is -2.21. The van der Waals surface area contributed by atoms with Crippen LogP contribution in [0.25, 0.3) is 0 Å². The highest BCUT2D eigenvalue weighted by Gasteiger charge is 2.32. The van der Waals surface area contributed by atoms with Gasteiger partial charge in [-0.05, 0) is 42.8 Å². The van der Waals surface area contributed by atoms with E-state index >= 15 is 0 Å². The van der Waals surface area contributed by atoms with Crippen LogP contribution in [0, 0.1) is 0 Å². The molecule has 2 aromatic carbocycles. The number of alkyl halides is 3. The van der Waals surface area contributed by atoms with Crippen LogP contribution in [-0.2, 0) is 19.1 Å². The predicted octanol–water partition coefficient (Wildman–Crippen LogP) is 4.40. The second kappa shape index (κ2) is 8.25. The number of benzene rings is 2. The monoisotopic (exact) mass is 353 g/mol. The van der Waals surface area contributed by atoms with Crippen LogP contribution < -0.4 is 9.47 Å². The number of methoxy groups -OCH3 is 2. The van der Waals surface area contributed by atoms with E-state index in [4.69, 9.17) is 9.47 Å². The molecule has 0 saturated heterocycles. The molecule has 0 saturated carbocycles. The van der Waals surface area contributed by atoms with E-state index in [1.165, 1.54) is 12.1 Å². The first kappa shape index (κ1) is 19.1. The molecule has 0 fully saturated rings. The first-order valence-electron chi connectivity index (χ1n) is 7.89. The van der Waals surface area contributed by atoms with Crippen molar-refractivity contribution in [1.82, 2.24) is 4.90 Å². The fourth-order valence-corrected chi connectivity index (χ4v) is 2.66. The Kier molecular flexibility index (Phi) is 6.31. The van der Waals surface area contributed by atoms with Crippen molar-refractivity contribution < 1.29 is 22.6 Å². The molecule has 3 nitrogen and oxygen atoms in total. The lowest BCUT2D eigenvalue weighted by atomic mass is 10.1. The highest BCUT2D eigenvalue weighted by molar-refractivity contribution is 5.43. The van der Waals surface area contributed by atoms with Crippen LogP contribution in [0.15, 0.2) is 42.5 Å². The van der Waals surface area contributed by atoms with Crippen LogP contribution >= 0.6 is 0 Å². The molecule has 2 rings (SSSR count). The maximum atomic E-state index is 13.1. The average Bonchev–Trinajstić information content (AvgIpc) is 2.59. The van der Waals surface area contributed by atoms with Gasteiger partial charge in [-0.2, -0.15) is 13.2 Å². The molecule has 0 spiro atoms. The van der Waals surface area contributed by atoms with Gasteiger partial charge in [0.2, 0.25) is 0 Å². The van der Waals surface area contributed by atoms with Gasteiger partial charge in [0, 0.05) is 13.1 Å². The molecule has 0 N–H and O–H groups in total. The molecular formula is C19H22F3NO2. The predicted molar refractivity (Wildman–Crippen MR) is 91.0 cm³/mol. The molecule has 0 radical (unpaired) electrons. The summed E-state index contributed by atoms with van der Waals surface area (Å²) in [5, 5.41) is 0. The molecule has 0 unspecified atom stereocenters. The number of hydrogen-bond donors (Lipinski definition) is 0. The largest absolute Gasteiger partial charge is 0.493 e. The van der Waals surface area contributed by atoms with E-state index in [2.05, 4.69) is 0 Å². The minimum Gasteiger partial charge on any atom is -0.493 e. The highest BCUT2D eigenvalue weighted by Crippen LogP contribution is 2.32. The van der Waals surface area contributed by atoms with Crippen molar-refractivity contribution in [2.45, 2.75) is 19.1 Å². The second-order valence-corrected chi connectivity index (χ2v) is 5.83. The summed E-state index contributed by atoms with van der Waals surface area (Å²) in [6, 6.07) is 11.3. The van der Waals surface area contributed by atoms with Gasteiger partial charge in [-0.15, -0.1) is 0 Å². The Labute approximate surface area is 146 Å². The molecule has 136 valence electrons. The van der Waals surface area contributed by atoms with Crippen molar-refractivity contribution in [3.63, 3.8) is 0 Å². The van der Waals surface area contributed by atoms with Crippen LogP contribution in [0.4, 0.5) is 13.2 Å². The first-order valence-corrected chi connectivity index (χ1v) is 7.89. The van der Waals surface area contributed by atoms with Gasteiger partial charge >= 0.3 is 6.18 Å². The normalized spacial score (nSPS) is 11.6. The average molecular weight is 353 g/mol. The van der Waals surface area contributed by atoms with Gasteiger partial charge in [-0.1, -0.05) is 24.3 Å². The Balaban J connectivity index is 2.01. The zero-order chi connectivity index (χ0) is 18.4. The summed E-state index contributed by atoms with van der Waals surface area (Å²) in [4.78, 5) is 1.88. The first-order chi connectivity index (χ1) is 11.8. The second-order valence-electron chi connectivity index (χ2n) is 5.83. The minimum atomic E-state index is -4.33. The number of halogens is 3. The van der Waals surface area contributed by atoms with Gasteiger partial charge in [0.25, 0.3) is 0 Å². The summed E-state index contributed by atoms with van der Waals surface area (Å²) in [5.74, 6) is 1.30. The Morgan fingerprint density at radius 2 is 1.64 bits per heavy atom. The summed E-state index contributed by atoms with van der Waals surface area (Å²) >= 11 is 0. The van der Waals surface area contributed by atoms with Gasteiger partial charge in [-0.3, -0.25) is 0 Å². The van der Waals surface area contributed by atoms with E-state index in [0.717, 1.165) is 11.6 Å². The van der Waals surface area contributed by atoms with Gasteiger partial charge in [0.05, 0.1) is 19.8 Å². The SMILES string of the molecule is COc1ccc(CCN(C)Cc2ccccc2C(F)(F)F)cc1OC. The molecule has 25 heavy (non-hydrogen) atoms. The fraction of sp³-hybridized carbons (Fsp3) is 0.368. The number of rotatable bonds is 7. The molecule has 0 aliphatic rings. The van der Waals surface area contributed by atoms with Gasteiger partial charge in [0.15, 0.2) is 11.5 Å². The van der Waals surface area contributed by atoms with Crippen molar-refractivity contribution in [2.75, 3.05) is 27.8 Å². The lowest BCUT2D eigenvalue weighted by molar-refractivity contribution is -0.138. The molecule has 0 aromatic heterocycles. The van der Waals surface area contributed by atoms with Crippen molar-refractivity contribution in [2.24, 2.45) is 0 Å². The summed E-state index contributed by atoms with van der Waals surface area (Å²) < 4.78 is 49.6. The van der Waals surface area contributed by atoms with Crippen LogP contribution in [0.5, 0.6) is 11.5 Å². The molecule has 0 bridgehead atoms. The van der Waals surface area contributed by atoms with Crippen LogP contribution in [0.2, 0.25) is 0 Å². The van der Waals surface area contributed by atoms with Crippen molar-refractivity contribution in [3.05, 3.63) is 59.2 Å². The van der Waals surface area contributed by atoms with Crippen LogP contribution in [0.3, 0.4) is 0 Å². The van der Waals surface area contributed by atoms with Crippen LogP contribution in [-0.4, -0.2) is 32.7 Å². The van der Waals surface area contributed by atoms with E-state index < -0.39 is 11.7 Å². The van der Waals surface area contributed by atoms with E-state index in [9.17, 15) is 13.2 Å². The number of nitrogens with zero attached hydrogens (tertiary/aromatic N) is 1. The molecule has 0 heterocycles. The molecular weight excluding hydrogens is 331 g/mol. The van der Waals surface area contributed by atoms with E-state index in [-0.39, 0.29) is 12.1 Å². The van der Waals surface area contributed by atoms with E-state index in [0.29, 0.717) is 24.5 Å². The lowest BCUT2D eigenvalue weighted by Crippen LogP contribution is -2.22. The zero-order valence-corrected chi connectivity index (χ0v) is 14.6. The Morgan fingerprint density at radius 1 is 0.960 bits per heavy atom. The van der Waals surface area contributed by atoms with Gasteiger partial charge in [-0.25, -0.2) is 0 Å². The molecule has 2 aromatic rings. The highest BCUT2D eigenvalue weighted by atomic mass is 19.4. The third kappa shape index (κ3) is 5.13. The smallest absolute Gasteiger partial charge is 0.416 e. The maximum Gasteiger partial charge on any atom is 0.416 e. The molecule has 0 atom stereocenters. The summed E-state index contributed by atoms with van der Waals surface area (Å²) in [6.07, 6.45) is -3.63. The van der Waals surface area contributed by atoms with Crippen molar-refractivity contribution in [1.29, 1.82) is 0 Å². The fourth-order valence-electron chi connectivity index (χ4n) is 2.66. The summed E-state index contributed by atoms with van der Waals surface area (Å²) in [7, 11) is 4.96. The maximum absolute atomic E-state index is 13.1.